The number of para-hydroxylation sites is 1. The van der Waals surface area contributed by atoms with Crippen molar-refractivity contribution in [3.63, 3.8) is 0 Å². The molecule has 1 amide bonds. The Balaban J connectivity index is 1.61. The Morgan fingerprint density at radius 2 is 2.00 bits per heavy atom. The van der Waals surface area contributed by atoms with Crippen LogP contribution in [-0.4, -0.2) is 18.1 Å². The first kappa shape index (κ1) is 17.3. The van der Waals surface area contributed by atoms with Crippen molar-refractivity contribution in [1.29, 1.82) is 0 Å². The summed E-state index contributed by atoms with van der Waals surface area (Å²) in [5.74, 6) is 1.24. The second-order valence-electron chi connectivity index (χ2n) is 7.22. The molecule has 1 heterocycles. The summed E-state index contributed by atoms with van der Waals surface area (Å²) in [5.41, 5.74) is 3.16. The van der Waals surface area contributed by atoms with E-state index in [1.165, 1.54) is 0 Å². The minimum absolute atomic E-state index is 0.0313. The summed E-state index contributed by atoms with van der Waals surface area (Å²) in [7, 11) is 0. The minimum Gasteiger partial charge on any atom is -0.483 e. The van der Waals surface area contributed by atoms with Crippen molar-refractivity contribution in [1.82, 2.24) is 5.32 Å². The van der Waals surface area contributed by atoms with E-state index >= 15 is 0 Å². The van der Waals surface area contributed by atoms with Gasteiger partial charge in [-0.15, -0.1) is 0 Å². The molecule has 1 aliphatic heterocycles. The van der Waals surface area contributed by atoms with Gasteiger partial charge >= 0.3 is 0 Å². The lowest BCUT2D eigenvalue weighted by atomic mass is 10.0. The topological polar surface area (TPSA) is 47.6 Å². The molecule has 4 heteroatoms. The lowest BCUT2D eigenvalue weighted by Crippen LogP contribution is -2.31. The highest BCUT2D eigenvalue weighted by atomic mass is 16.5. The fourth-order valence-electron chi connectivity index (χ4n) is 3.28. The maximum absolute atomic E-state index is 12.3. The molecule has 0 aromatic heterocycles. The van der Waals surface area contributed by atoms with Crippen LogP contribution >= 0.6 is 0 Å². The normalized spacial score (nSPS) is 15.8. The zero-order chi connectivity index (χ0) is 18.0. The molecule has 1 aliphatic rings. The molecular formula is C21H25NO3. The van der Waals surface area contributed by atoms with Crippen LogP contribution in [0.15, 0.2) is 42.5 Å². The van der Waals surface area contributed by atoms with Crippen LogP contribution in [0.1, 0.15) is 43.5 Å². The van der Waals surface area contributed by atoms with Gasteiger partial charge in [-0.3, -0.25) is 4.79 Å². The summed E-state index contributed by atoms with van der Waals surface area (Å²) in [4.78, 5) is 12.3. The minimum atomic E-state index is -0.233. The van der Waals surface area contributed by atoms with Gasteiger partial charge in [0.1, 0.15) is 5.60 Å². The number of aryl methyl sites for hydroxylation is 1. The number of rotatable bonds is 5. The zero-order valence-electron chi connectivity index (χ0n) is 15.3. The lowest BCUT2D eigenvalue weighted by Gasteiger charge is -2.19. The van der Waals surface area contributed by atoms with Gasteiger partial charge < -0.3 is 14.8 Å². The monoisotopic (exact) mass is 339 g/mol. The number of nitrogens with one attached hydrogen (secondary N) is 1. The Hall–Kier alpha value is -2.49. The number of carbonyl (C=O) groups is 1. The average Bonchev–Trinajstić information content (AvgIpc) is 2.87. The molecule has 25 heavy (non-hydrogen) atoms. The van der Waals surface area contributed by atoms with E-state index in [4.69, 9.17) is 9.47 Å². The number of benzene rings is 2. The predicted octanol–water partition coefficient (Wildman–Crippen LogP) is 3.96. The molecule has 1 atom stereocenters. The third kappa shape index (κ3) is 3.95. The summed E-state index contributed by atoms with van der Waals surface area (Å²) >= 11 is 0. The van der Waals surface area contributed by atoms with Gasteiger partial charge in [0.05, 0.1) is 6.04 Å². The maximum atomic E-state index is 12.3. The van der Waals surface area contributed by atoms with Gasteiger partial charge in [-0.1, -0.05) is 36.4 Å². The van der Waals surface area contributed by atoms with Crippen LogP contribution in [0.2, 0.25) is 0 Å². The molecule has 4 nitrogen and oxygen atoms in total. The van der Waals surface area contributed by atoms with Crippen LogP contribution in [0.5, 0.6) is 11.5 Å². The van der Waals surface area contributed by atoms with Crippen molar-refractivity contribution in [2.75, 3.05) is 6.61 Å². The van der Waals surface area contributed by atoms with E-state index < -0.39 is 0 Å². The molecule has 0 radical (unpaired) electrons. The lowest BCUT2D eigenvalue weighted by molar-refractivity contribution is -0.123. The third-order valence-corrected chi connectivity index (χ3v) is 4.45. The van der Waals surface area contributed by atoms with Gasteiger partial charge in [-0.2, -0.15) is 0 Å². The predicted molar refractivity (Wildman–Crippen MR) is 98.1 cm³/mol. The van der Waals surface area contributed by atoms with E-state index in [1.807, 2.05) is 70.2 Å². The number of hydrogen-bond donors (Lipinski definition) is 1. The fourth-order valence-corrected chi connectivity index (χ4v) is 3.28. The molecule has 0 saturated carbocycles. The van der Waals surface area contributed by atoms with Crippen molar-refractivity contribution in [3.8, 4) is 11.5 Å². The first-order chi connectivity index (χ1) is 11.9. The second kappa shape index (κ2) is 6.79. The first-order valence-electron chi connectivity index (χ1n) is 8.64. The number of ether oxygens (including phenoxy) is 2. The molecule has 0 fully saturated rings. The Kier molecular flexibility index (Phi) is 4.71. The number of amides is 1. The van der Waals surface area contributed by atoms with E-state index in [-0.39, 0.29) is 24.2 Å². The fraction of sp³-hybridized carbons (Fsp3) is 0.381. The highest BCUT2D eigenvalue weighted by molar-refractivity contribution is 5.78. The number of fused-ring (bicyclic) bond motifs is 1. The summed E-state index contributed by atoms with van der Waals surface area (Å²) in [6.45, 7) is 8.09. The van der Waals surface area contributed by atoms with Crippen LogP contribution in [0.25, 0.3) is 0 Å². The Morgan fingerprint density at radius 3 is 2.76 bits per heavy atom. The zero-order valence-corrected chi connectivity index (χ0v) is 15.3. The van der Waals surface area contributed by atoms with E-state index in [0.717, 1.165) is 28.9 Å². The highest BCUT2D eigenvalue weighted by Crippen LogP contribution is 2.41. The van der Waals surface area contributed by atoms with E-state index in [0.29, 0.717) is 5.75 Å². The van der Waals surface area contributed by atoms with Crippen LogP contribution in [0.4, 0.5) is 0 Å². The average molecular weight is 339 g/mol. The summed E-state index contributed by atoms with van der Waals surface area (Å²) in [5, 5.41) is 2.99. The molecule has 0 saturated heterocycles. The van der Waals surface area contributed by atoms with Crippen molar-refractivity contribution < 1.29 is 14.3 Å². The van der Waals surface area contributed by atoms with Crippen LogP contribution in [0.3, 0.4) is 0 Å². The smallest absolute Gasteiger partial charge is 0.258 e. The number of carbonyl (C=O) groups excluding carboxylic acids is 1. The Morgan fingerprint density at radius 1 is 1.24 bits per heavy atom. The van der Waals surface area contributed by atoms with Crippen molar-refractivity contribution in [2.24, 2.45) is 0 Å². The van der Waals surface area contributed by atoms with Gasteiger partial charge in [-0.25, -0.2) is 0 Å². The van der Waals surface area contributed by atoms with Crippen molar-refractivity contribution in [2.45, 2.75) is 45.8 Å². The molecule has 3 rings (SSSR count). The standard InChI is InChI=1S/C21H25NO3/c1-14-8-5-6-10-17(14)15(2)22-19(23)13-24-18-11-7-9-16-12-21(3,4)25-20(16)18/h5-11,15H,12-13H2,1-4H3,(H,22,23). The quantitative estimate of drug-likeness (QED) is 0.897. The highest BCUT2D eigenvalue weighted by Gasteiger charge is 2.32. The molecule has 0 bridgehead atoms. The largest absolute Gasteiger partial charge is 0.483 e. The summed E-state index contributed by atoms with van der Waals surface area (Å²) < 4.78 is 11.7. The molecule has 0 spiro atoms. The SMILES string of the molecule is Cc1ccccc1C(C)NC(=O)COc1cccc2c1OC(C)(C)C2. The van der Waals surface area contributed by atoms with Crippen LogP contribution < -0.4 is 14.8 Å². The van der Waals surface area contributed by atoms with Gasteiger partial charge in [0.15, 0.2) is 18.1 Å². The number of hydrogen-bond acceptors (Lipinski definition) is 3. The molecule has 2 aromatic rings. The van der Waals surface area contributed by atoms with Gasteiger partial charge in [-0.05, 0) is 44.9 Å². The van der Waals surface area contributed by atoms with Crippen molar-refractivity contribution in [3.05, 3.63) is 59.2 Å². The summed E-state index contributed by atoms with van der Waals surface area (Å²) in [6.07, 6.45) is 0.843. The van der Waals surface area contributed by atoms with Crippen LogP contribution in [-0.2, 0) is 11.2 Å². The molecule has 1 N–H and O–H groups in total. The Bertz CT molecular complexity index is 782. The van der Waals surface area contributed by atoms with E-state index in [9.17, 15) is 4.79 Å². The van der Waals surface area contributed by atoms with Gasteiger partial charge in [0.25, 0.3) is 5.91 Å². The van der Waals surface area contributed by atoms with Gasteiger partial charge in [0, 0.05) is 12.0 Å². The molecule has 2 aromatic carbocycles. The molecule has 1 unspecified atom stereocenters. The first-order valence-corrected chi connectivity index (χ1v) is 8.64. The van der Waals surface area contributed by atoms with Crippen LogP contribution in [0, 0.1) is 6.92 Å². The summed E-state index contributed by atoms with van der Waals surface area (Å²) in [6, 6.07) is 13.8. The van der Waals surface area contributed by atoms with Gasteiger partial charge in [0.2, 0.25) is 0 Å². The van der Waals surface area contributed by atoms with E-state index in [1.54, 1.807) is 0 Å². The maximum Gasteiger partial charge on any atom is 0.258 e. The molecule has 132 valence electrons. The van der Waals surface area contributed by atoms with Crippen molar-refractivity contribution >= 4 is 5.91 Å². The molecule has 0 aliphatic carbocycles. The van der Waals surface area contributed by atoms with E-state index in [2.05, 4.69) is 5.32 Å². The molecular weight excluding hydrogens is 314 g/mol. The Labute approximate surface area is 149 Å². The third-order valence-electron chi connectivity index (χ3n) is 4.45. The second-order valence-corrected chi connectivity index (χ2v) is 7.22.